The van der Waals surface area contributed by atoms with E-state index in [1.54, 1.807) is 0 Å². The number of carbonyl (C=O) groups is 1. The van der Waals surface area contributed by atoms with Crippen molar-refractivity contribution in [2.75, 3.05) is 18.4 Å². The Morgan fingerprint density at radius 2 is 2.20 bits per heavy atom. The third kappa shape index (κ3) is 4.23. The van der Waals surface area contributed by atoms with Gasteiger partial charge in [-0.15, -0.1) is 0 Å². The Morgan fingerprint density at radius 1 is 1.40 bits per heavy atom. The topological polar surface area (TPSA) is 41.1 Å². The monoisotopic (exact) mass is 286 g/mol. The van der Waals surface area contributed by atoms with Crippen molar-refractivity contribution in [3.63, 3.8) is 0 Å². The van der Waals surface area contributed by atoms with Crippen molar-refractivity contribution in [2.24, 2.45) is 5.92 Å². The third-order valence-corrected chi connectivity index (χ3v) is 3.35. The Balaban J connectivity index is 1.93. The first-order valence-corrected chi connectivity index (χ1v) is 6.63. The summed E-state index contributed by atoms with van der Waals surface area (Å²) >= 11 is 0. The Kier molecular flexibility index (Phi) is 4.65. The molecule has 0 spiro atoms. The molecule has 1 saturated heterocycles. The van der Waals surface area contributed by atoms with Crippen LogP contribution >= 0.6 is 0 Å². The van der Waals surface area contributed by atoms with Crippen LogP contribution < -0.4 is 10.6 Å². The normalized spacial score (nSPS) is 19.6. The lowest BCUT2D eigenvalue weighted by Crippen LogP contribution is -2.32. The quantitative estimate of drug-likeness (QED) is 0.896. The van der Waals surface area contributed by atoms with E-state index < -0.39 is 11.7 Å². The van der Waals surface area contributed by atoms with E-state index in [0.717, 1.165) is 38.1 Å². The van der Waals surface area contributed by atoms with Gasteiger partial charge in [0.2, 0.25) is 5.91 Å². The predicted octanol–water partition coefficient (Wildman–Crippen LogP) is 3.03. The summed E-state index contributed by atoms with van der Waals surface area (Å²) in [6, 6.07) is 4.70. The Hall–Kier alpha value is -1.56. The summed E-state index contributed by atoms with van der Waals surface area (Å²) in [5.74, 6) is 0.0209. The van der Waals surface area contributed by atoms with Crippen molar-refractivity contribution < 1.29 is 18.0 Å². The van der Waals surface area contributed by atoms with Crippen LogP contribution in [0.2, 0.25) is 0 Å². The second-order valence-electron chi connectivity index (χ2n) is 5.04. The summed E-state index contributed by atoms with van der Waals surface area (Å²) in [7, 11) is 0. The minimum Gasteiger partial charge on any atom is -0.326 e. The molecule has 1 atom stereocenters. The molecule has 1 aliphatic heterocycles. The number of nitrogens with one attached hydrogen (secondary N) is 2. The number of benzene rings is 1. The molecule has 1 heterocycles. The number of rotatable bonds is 3. The van der Waals surface area contributed by atoms with E-state index in [9.17, 15) is 18.0 Å². The van der Waals surface area contributed by atoms with Gasteiger partial charge in [-0.3, -0.25) is 4.79 Å². The van der Waals surface area contributed by atoms with Gasteiger partial charge in [-0.1, -0.05) is 6.07 Å². The van der Waals surface area contributed by atoms with Crippen molar-refractivity contribution in [1.82, 2.24) is 5.32 Å². The van der Waals surface area contributed by atoms with Crippen LogP contribution in [0.5, 0.6) is 0 Å². The van der Waals surface area contributed by atoms with Crippen molar-refractivity contribution in [3.8, 4) is 0 Å². The molecule has 6 heteroatoms. The Bertz CT molecular complexity index is 468. The summed E-state index contributed by atoms with van der Waals surface area (Å²) in [6.45, 7) is 1.75. The highest BCUT2D eigenvalue weighted by atomic mass is 19.4. The fourth-order valence-corrected chi connectivity index (χ4v) is 2.35. The molecule has 1 aromatic carbocycles. The van der Waals surface area contributed by atoms with Gasteiger partial charge in [0.15, 0.2) is 0 Å². The van der Waals surface area contributed by atoms with Crippen LogP contribution in [-0.4, -0.2) is 19.0 Å². The number of hydrogen-bond acceptors (Lipinski definition) is 2. The molecule has 110 valence electrons. The molecule has 1 fully saturated rings. The highest BCUT2D eigenvalue weighted by molar-refractivity contribution is 5.90. The van der Waals surface area contributed by atoms with E-state index in [1.807, 2.05) is 0 Å². The molecule has 1 aromatic rings. The van der Waals surface area contributed by atoms with Crippen LogP contribution in [0.1, 0.15) is 24.8 Å². The fourth-order valence-electron chi connectivity index (χ4n) is 2.35. The van der Waals surface area contributed by atoms with Gasteiger partial charge in [0.1, 0.15) is 0 Å². The first kappa shape index (κ1) is 14.8. The van der Waals surface area contributed by atoms with Crippen molar-refractivity contribution >= 4 is 11.6 Å². The van der Waals surface area contributed by atoms with Gasteiger partial charge in [0, 0.05) is 12.1 Å². The van der Waals surface area contributed by atoms with Crippen molar-refractivity contribution in [2.45, 2.75) is 25.4 Å². The molecule has 1 aliphatic rings. The number of amides is 1. The molecule has 3 nitrogen and oxygen atoms in total. The van der Waals surface area contributed by atoms with E-state index in [0.29, 0.717) is 6.42 Å². The average Bonchev–Trinajstić information content (AvgIpc) is 2.39. The molecule has 0 saturated carbocycles. The first-order chi connectivity index (χ1) is 9.45. The standard InChI is InChI=1S/C14H17F3N2O/c15-14(16,17)11-4-1-5-12(8-11)19-13(20)7-10-3-2-6-18-9-10/h1,4-5,8,10,18H,2-3,6-7,9H2,(H,19,20). The number of halogens is 3. The van der Waals surface area contributed by atoms with Crippen LogP contribution in [0.15, 0.2) is 24.3 Å². The smallest absolute Gasteiger partial charge is 0.326 e. The predicted molar refractivity (Wildman–Crippen MR) is 70.3 cm³/mol. The van der Waals surface area contributed by atoms with Gasteiger partial charge < -0.3 is 10.6 Å². The molecule has 0 aromatic heterocycles. The number of alkyl halides is 3. The van der Waals surface area contributed by atoms with E-state index in [1.165, 1.54) is 12.1 Å². The molecule has 20 heavy (non-hydrogen) atoms. The number of anilines is 1. The summed E-state index contributed by atoms with van der Waals surface area (Å²) in [4.78, 5) is 11.8. The van der Waals surface area contributed by atoms with Crippen LogP contribution in [0.4, 0.5) is 18.9 Å². The molecular formula is C14H17F3N2O. The maximum absolute atomic E-state index is 12.6. The maximum Gasteiger partial charge on any atom is 0.416 e. The van der Waals surface area contributed by atoms with Crippen LogP contribution in [0, 0.1) is 5.92 Å². The van der Waals surface area contributed by atoms with E-state index in [2.05, 4.69) is 10.6 Å². The van der Waals surface area contributed by atoms with Gasteiger partial charge in [-0.2, -0.15) is 13.2 Å². The van der Waals surface area contributed by atoms with Gasteiger partial charge in [-0.05, 0) is 50.0 Å². The maximum atomic E-state index is 12.6. The van der Waals surface area contributed by atoms with Gasteiger partial charge in [0.05, 0.1) is 5.56 Å². The van der Waals surface area contributed by atoms with Crippen molar-refractivity contribution in [3.05, 3.63) is 29.8 Å². The van der Waals surface area contributed by atoms with Gasteiger partial charge in [0.25, 0.3) is 0 Å². The van der Waals surface area contributed by atoms with Crippen LogP contribution in [-0.2, 0) is 11.0 Å². The Labute approximate surface area is 115 Å². The number of carbonyl (C=O) groups excluding carboxylic acids is 1. The van der Waals surface area contributed by atoms with E-state index >= 15 is 0 Å². The molecule has 0 bridgehead atoms. The molecular weight excluding hydrogens is 269 g/mol. The van der Waals surface area contributed by atoms with Gasteiger partial charge in [-0.25, -0.2) is 0 Å². The van der Waals surface area contributed by atoms with Crippen molar-refractivity contribution in [1.29, 1.82) is 0 Å². The largest absolute Gasteiger partial charge is 0.416 e. The summed E-state index contributed by atoms with van der Waals surface area (Å²) in [5.41, 5.74) is -0.566. The lowest BCUT2D eigenvalue weighted by atomic mass is 9.96. The molecule has 2 rings (SSSR count). The van der Waals surface area contributed by atoms with Gasteiger partial charge >= 0.3 is 6.18 Å². The zero-order chi connectivity index (χ0) is 14.6. The second kappa shape index (κ2) is 6.26. The summed E-state index contributed by atoms with van der Waals surface area (Å²) in [6.07, 6.45) is -2.05. The molecule has 1 unspecified atom stereocenters. The van der Waals surface area contributed by atoms with E-state index in [4.69, 9.17) is 0 Å². The summed E-state index contributed by atoms with van der Waals surface area (Å²) in [5, 5.41) is 5.74. The lowest BCUT2D eigenvalue weighted by molar-refractivity contribution is -0.137. The zero-order valence-electron chi connectivity index (χ0n) is 11.0. The Morgan fingerprint density at radius 3 is 2.85 bits per heavy atom. The van der Waals surface area contributed by atoms with Crippen LogP contribution in [0.25, 0.3) is 0 Å². The SMILES string of the molecule is O=C(CC1CCCNC1)Nc1cccc(C(F)(F)F)c1. The van der Waals surface area contributed by atoms with E-state index in [-0.39, 0.29) is 17.5 Å². The zero-order valence-corrected chi connectivity index (χ0v) is 11.0. The highest BCUT2D eigenvalue weighted by Crippen LogP contribution is 2.30. The molecule has 1 amide bonds. The second-order valence-corrected chi connectivity index (χ2v) is 5.04. The minimum absolute atomic E-state index is 0.189. The average molecular weight is 286 g/mol. The molecule has 0 radical (unpaired) electrons. The van der Waals surface area contributed by atoms with Crippen LogP contribution in [0.3, 0.4) is 0 Å². The summed E-state index contributed by atoms with van der Waals surface area (Å²) < 4.78 is 37.7. The third-order valence-electron chi connectivity index (χ3n) is 3.35. The molecule has 0 aliphatic carbocycles. The fraction of sp³-hybridized carbons (Fsp3) is 0.500. The number of hydrogen-bond donors (Lipinski definition) is 2. The molecule has 2 N–H and O–H groups in total. The first-order valence-electron chi connectivity index (χ1n) is 6.63. The number of piperidine rings is 1. The highest BCUT2D eigenvalue weighted by Gasteiger charge is 2.30. The minimum atomic E-state index is -4.39. The lowest BCUT2D eigenvalue weighted by Gasteiger charge is -2.22.